The second-order valence-corrected chi connectivity index (χ2v) is 6.28. The number of carbonyl (C=O) groups is 1. The summed E-state index contributed by atoms with van der Waals surface area (Å²) in [4.78, 5) is 16.7. The molecule has 1 unspecified atom stereocenters. The SMILES string of the molecule is CNCC(C)C(=O)N1CCN(Cc2cc(OC)cc(OC)c2)CC1.Cl.Cl. The van der Waals surface area contributed by atoms with Gasteiger partial charge >= 0.3 is 0 Å². The van der Waals surface area contributed by atoms with E-state index in [-0.39, 0.29) is 36.6 Å². The first-order valence-corrected chi connectivity index (χ1v) is 8.45. The summed E-state index contributed by atoms with van der Waals surface area (Å²) in [6, 6.07) is 5.95. The number of carbonyl (C=O) groups excluding carboxylic acids is 1. The predicted molar refractivity (Wildman–Crippen MR) is 109 cm³/mol. The summed E-state index contributed by atoms with van der Waals surface area (Å²) in [6.45, 7) is 6.88. The van der Waals surface area contributed by atoms with Crippen molar-refractivity contribution in [1.82, 2.24) is 15.1 Å². The smallest absolute Gasteiger partial charge is 0.226 e. The third-order valence-electron chi connectivity index (χ3n) is 4.43. The van der Waals surface area contributed by atoms with Gasteiger partial charge < -0.3 is 19.7 Å². The molecule has 2 rings (SSSR count). The molecule has 0 bridgehead atoms. The zero-order chi connectivity index (χ0) is 17.5. The first-order valence-electron chi connectivity index (χ1n) is 8.45. The van der Waals surface area contributed by atoms with E-state index in [1.807, 2.05) is 37.1 Å². The molecule has 1 aliphatic heterocycles. The molecule has 1 N–H and O–H groups in total. The van der Waals surface area contributed by atoms with E-state index < -0.39 is 0 Å². The maximum absolute atomic E-state index is 12.4. The minimum absolute atomic E-state index is 0. The van der Waals surface area contributed by atoms with Crippen molar-refractivity contribution in [3.8, 4) is 11.5 Å². The molecule has 0 spiro atoms. The van der Waals surface area contributed by atoms with E-state index in [4.69, 9.17) is 9.47 Å². The Labute approximate surface area is 169 Å². The summed E-state index contributed by atoms with van der Waals surface area (Å²) >= 11 is 0. The fourth-order valence-corrected chi connectivity index (χ4v) is 3.05. The first-order chi connectivity index (χ1) is 11.6. The standard InChI is InChI=1S/C18H29N3O3.2ClH/c1-14(12-19-2)18(22)21-7-5-20(6-8-21)13-15-9-16(23-3)11-17(10-15)24-4;;/h9-11,14,19H,5-8,12-13H2,1-4H3;2*1H. The quantitative estimate of drug-likeness (QED) is 0.749. The highest BCUT2D eigenvalue weighted by atomic mass is 35.5. The number of amides is 1. The molecule has 1 aliphatic rings. The van der Waals surface area contributed by atoms with Gasteiger partial charge in [-0.3, -0.25) is 9.69 Å². The van der Waals surface area contributed by atoms with Gasteiger partial charge in [0.1, 0.15) is 11.5 Å². The number of rotatable bonds is 7. The van der Waals surface area contributed by atoms with Crippen LogP contribution < -0.4 is 14.8 Å². The van der Waals surface area contributed by atoms with Gasteiger partial charge in [-0.1, -0.05) is 6.92 Å². The van der Waals surface area contributed by atoms with Gasteiger partial charge in [-0.25, -0.2) is 0 Å². The minimum atomic E-state index is 0. The maximum atomic E-state index is 12.4. The van der Waals surface area contributed by atoms with Gasteiger partial charge in [0, 0.05) is 51.3 Å². The number of nitrogens with one attached hydrogen (secondary N) is 1. The molecule has 1 aromatic carbocycles. The van der Waals surface area contributed by atoms with Crippen molar-refractivity contribution < 1.29 is 14.3 Å². The van der Waals surface area contributed by atoms with Crippen LogP contribution in [0, 0.1) is 5.92 Å². The Morgan fingerprint density at radius 3 is 2.08 bits per heavy atom. The lowest BCUT2D eigenvalue weighted by molar-refractivity contribution is -0.136. The largest absolute Gasteiger partial charge is 0.497 e. The van der Waals surface area contributed by atoms with E-state index in [1.165, 1.54) is 0 Å². The number of piperazine rings is 1. The molecule has 0 radical (unpaired) electrons. The van der Waals surface area contributed by atoms with Crippen molar-refractivity contribution in [2.45, 2.75) is 13.5 Å². The molecule has 0 aliphatic carbocycles. The van der Waals surface area contributed by atoms with Crippen LogP contribution in [0.3, 0.4) is 0 Å². The molecule has 1 amide bonds. The molecule has 1 fully saturated rings. The lowest BCUT2D eigenvalue weighted by Gasteiger charge is -2.36. The van der Waals surface area contributed by atoms with Crippen LogP contribution in [0.2, 0.25) is 0 Å². The summed E-state index contributed by atoms with van der Waals surface area (Å²) in [6.07, 6.45) is 0. The van der Waals surface area contributed by atoms with Crippen molar-refractivity contribution in [2.24, 2.45) is 5.92 Å². The highest BCUT2D eigenvalue weighted by Gasteiger charge is 2.24. The van der Waals surface area contributed by atoms with E-state index in [9.17, 15) is 4.79 Å². The van der Waals surface area contributed by atoms with Gasteiger partial charge in [0.2, 0.25) is 5.91 Å². The summed E-state index contributed by atoms with van der Waals surface area (Å²) in [5.74, 6) is 1.88. The fraction of sp³-hybridized carbons (Fsp3) is 0.611. The van der Waals surface area contributed by atoms with Gasteiger partial charge in [-0.2, -0.15) is 0 Å². The number of hydrogen-bond acceptors (Lipinski definition) is 5. The molecule has 26 heavy (non-hydrogen) atoms. The molecule has 1 atom stereocenters. The molecule has 1 aromatic rings. The Morgan fingerprint density at radius 2 is 1.62 bits per heavy atom. The Balaban J connectivity index is 0.00000312. The van der Waals surface area contributed by atoms with Crippen molar-refractivity contribution in [2.75, 3.05) is 54.0 Å². The van der Waals surface area contributed by atoms with Crippen molar-refractivity contribution >= 4 is 30.7 Å². The Morgan fingerprint density at radius 1 is 1.08 bits per heavy atom. The lowest BCUT2D eigenvalue weighted by atomic mass is 10.1. The highest BCUT2D eigenvalue weighted by molar-refractivity contribution is 5.85. The molecule has 150 valence electrons. The van der Waals surface area contributed by atoms with Crippen LogP contribution in [-0.2, 0) is 11.3 Å². The topological polar surface area (TPSA) is 54.0 Å². The van der Waals surface area contributed by atoms with E-state index in [0.717, 1.165) is 56.3 Å². The molecular weight excluding hydrogens is 377 g/mol. The second kappa shape index (κ2) is 12.2. The van der Waals surface area contributed by atoms with Crippen molar-refractivity contribution in [1.29, 1.82) is 0 Å². The van der Waals surface area contributed by atoms with Crippen LogP contribution >= 0.6 is 24.8 Å². The molecular formula is C18H31Cl2N3O3. The third kappa shape index (κ3) is 6.83. The monoisotopic (exact) mass is 407 g/mol. The highest BCUT2D eigenvalue weighted by Crippen LogP contribution is 2.23. The number of benzene rings is 1. The Hall–Kier alpha value is -1.21. The first kappa shape index (κ1) is 24.8. The molecule has 1 heterocycles. The number of hydrogen-bond donors (Lipinski definition) is 1. The predicted octanol–water partition coefficient (Wildman–Crippen LogP) is 2.05. The minimum Gasteiger partial charge on any atom is -0.497 e. The van der Waals surface area contributed by atoms with E-state index in [1.54, 1.807) is 14.2 Å². The van der Waals surface area contributed by atoms with Crippen LogP contribution in [0.4, 0.5) is 0 Å². The van der Waals surface area contributed by atoms with Crippen molar-refractivity contribution in [3.05, 3.63) is 23.8 Å². The molecule has 0 saturated carbocycles. The summed E-state index contributed by atoms with van der Waals surface area (Å²) in [5.41, 5.74) is 1.16. The van der Waals surface area contributed by atoms with Gasteiger partial charge in [-0.15, -0.1) is 24.8 Å². The van der Waals surface area contributed by atoms with E-state index >= 15 is 0 Å². The van der Waals surface area contributed by atoms with Crippen LogP contribution in [0.1, 0.15) is 12.5 Å². The van der Waals surface area contributed by atoms with E-state index in [0.29, 0.717) is 0 Å². The third-order valence-corrected chi connectivity index (χ3v) is 4.43. The number of halogens is 2. The zero-order valence-corrected chi connectivity index (χ0v) is 17.6. The normalized spacial score (nSPS) is 15.5. The van der Waals surface area contributed by atoms with Gasteiger partial charge in [0.15, 0.2) is 0 Å². The molecule has 6 nitrogen and oxygen atoms in total. The van der Waals surface area contributed by atoms with Gasteiger partial charge in [-0.05, 0) is 24.7 Å². The summed E-state index contributed by atoms with van der Waals surface area (Å²) in [7, 11) is 5.20. The molecule has 0 aromatic heterocycles. The number of ether oxygens (including phenoxy) is 2. The average Bonchev–Trinajstić information content (AvgIpc) is 2.61. The van der Waals surface area contributed by atoms with Crippen LogP contribution in [0.5, 0.6) is 11.5 Å². The van der Waals surface area contributed by atoms with Gasteiger partial charge in [0.25, 0.3) is 0 Å². The maximum Gasteiger partial charge on any atom is 0.226 e. The Bertz CT molecular complexity index is 530. The molecule has 8 heteroatoms. The second-order valence-electron chi connectivity index (χ2n) is 6.28. The Kier molecular flexibility index (Phi) is 11.7. The molecule has 1 saturated heterocycles. The van der Waals surface area contributed by atoms with Gasteiger partial charge in [0.05, 0.1) is 14.2 Å². The zero-order valence-electron chi connectivity index (χ0n) is 16.0. The van der Waals surface area contributed by atoms with Crippen LogP contribution in [0.15, 0.2) is 18.2 Å². The summed E-state index contributed by atoms with van der Waals surface area (Å²) < 4.78 is 10.7. The van der Waals surface area contributed by atoms with Crippen molar-refractivity contribution in [3.63, 3.8) is 0 Å². The average molecular weight is 408 g/mol. The van der Waals surface area contributed by atoms with Crippen LogP contribution in [0.25, 0.3) is 0 Å². The number of methoxy groups -OCH3 is 2. The van der Waals surface area contributed by atoms with Crippen LogP contribution in [-0.4, -0.2) is 69.7 Å². The fourth-order valence-electron chi connectivity index (χ4n) is 3.05. The number of nitrogens with zero attached hydrogens (tertiary/aromatic N) is 2. The lowest BCUT2D eigenvalue weighted by Crippen LogP contribution is -2.50. The van der Waals surface area contributed by atoms with E-state index in [2.05, 4.69) is 10.2 Å². The summed E-state index contributed by atoms with van der Waals surface area (Å²) in [5, 5.41) is 3.07.